The van der Waals surface area contributed by atoms with Crippen molar-refractivity contribution < 1.29 is 0 Å². The van der Waals surface area contributed by atoms with Gasteiger partial charge >= 0.3 is 0 Å². The van der Waals surface area contributed by atoms with Gasteiger partial charge in [-0.3, -0.25) is 0 Å². The highest BCUT2D eigenvalue weighted by Crippen LogP contribution is 2.26. The van der Waals surface area contributed by atoms with Gasteiger partial charge < -0.3 is 5.73 Å². The topological polar surface area (TPSA) is 51.8 Å². The van der Waals surface area contributed by atoms with Crippen LogP contribution < -0.4 is 5.73 Å². The van der Waals surface area contributed by atoms with E-state index in [2.05, 4.69) is 32.0 Å². The van der Waals surface area contributed by atoms with E-state index in [4.69, 9.17) is 5.73 Å². The zero-order valence-electron chi connectivity index (χ0n) is 8.89. The van der Waals surface area contributed by atoms with Crippen molar-refractivity contribution in [2.45, 2.75) is 13.0 Å². The molecule has 1 aromatic heterocycles. The average Bonchev–Trinajstić information content (AvgIpc) is 2.32. The maximum absolute atomic E-state index is 6.18. The van der Waals surface area contributed by atoms with Crippen LogP contribution >= 0.6 is 15.9 Å². The fourth-order valence-electron chi connectivity index (χ4n) is 1.55. The van der Waals surface area contributed by atoms with Gasteiger partial charge in [0.1, 0.15) is 6.33 Å². The Hall–Kier alpha value is -1.26. The van der Waals surface area contributed by atoms with Crippen molar-refractivity contribution in [3.05, 3.63) is 58.1 Å². The maximum atomic E-state index is 6.18. The second-order valence-corrected chi connectivity index (χ2v) is 4.53. The summed E-state index contributed by atoms with van der Waals surface area (Å²) in [5.74, 6) is 0. The summed E-state index contributed by atoms with van der Waals surface area (Å²) in [4.78, 5) is 7.95. The Morgan fingerprint density at radius 2 is 1.94 bits per heavy atom. The molecule has 1 unspecified atom stereocenters. The average molecular weight is 278 g/mol. The summed E-state index contributed by atoms with van der Waals surface area (Å²) >= 11 is 3.51. The molecule has 0 aliphatic carbocycles. The van der Waals surface area contributed by atoms with E-state index in [-0.39, 0.29) is 6.04 Å². The first-order chi connectivity index (χ1) is 7.68. The second kappa shape index (κ2) is 4.72. The first-order valence-corrected chi connectivity index (χ1v) is 5.74. The number of hydrogen-bond donors (Lipinski definition) is 1. The van der Waals surface area contributed by atoms with Gasteiger partial charge in [0.05, 0.1) is 6.04 Å². The van der Waals surface area contributed by atoms with E-state index >= 15 is 0 Å². The molecule has 1 heterocycles. The van der Waals surface area contributed by atoms with Crippen molar-refractivity contribution in [2.24, 2.45) is 5.73 Å². The first kappa shape index (κ1) is 11.2. The maximum Gasteiger partial charge on any atom is 0.115 e. The molecule has 0 aliphatic heterocycles. The molecular formula is C12H12BrN3. The standard InChI is InChI=1S/C12H12BrN3/c1-8-2-3-11(13)10(4-8)12(14)9-5-15-7-16-6-9/h2-7,12H,14H2,1H3. The van der Waals surface area contributed by atoms with Crippen molar-refractivity contribution in [3.63, 3.8) is 0 Å². The summed E-state index contributed by atoms with van der Waals surface area (Å²) in [6.45, 7) is 2.05. The Morgan fingerprint density at radius 1 is 1.25 bits per heavy atom. The molecule has 1 aromatic carbocycles. The highest BCUT2D eigenvalue weighted by molar-refractivity contribution is 9.10. The molecule has 0 saturated carbocycles. The van der Waals surface area contributed by atoms with Gasteiger partial charge in [0.15, 0.2) is 0 Å². The molecule has 3 nitrogen and oxygen atoms in total. The molecule has 0 amide bonds. The van der Waals surface area contributed by atoms with Gasteiger partial charge in [-0.2, -0.15) is 0 Å². The van der Waals surface area contributed by atoms with Crippen LogP contribution in [0.3, 0.4) is 0 Å². The molecule has 0 radical (unpaired) electrons. The first-order valence-electron chi connectivity index (χ1n) is 4.95. The van der Waals surface area contributed by atoms with Gasteiger partial charge in [-0.05, 0) is 18.6 Å². The van der Waals surface area contributed by atoms with E-state index in [1.165, 1.54) is 11.9 Å². The van der Waals surface area contributed by atoms with Gasteiger partial charge in [0.2, 0.25) is 0 Å². The number of nitrogens with zero attached hydrogens (tertiary/aromatic N) is 2. The summed E-state index contributed by atoms with van der Waals surface area (Å²) in [5.41, 5.74) is 9.32. The molecule has 2 rings (SSSR count). The quantitative estimate of drug-likeness (QED) is 0.918. The number of rotatable bonds is 2. The third-order valence-corrected chi connectivity index (χ3v) is 3.15. The highest BCUT2D eigenvalue weighted by atomic mass is 79.9. The lowest BCUT2D eigenvalue weighted by atomic mass is 10.0. The van der Waals surface area contributed by atoms with Gasteiger partial charge in [-0.25, -0.2) is 9.97 Å². The van der Waals surface area contributed by atoms with Crippen molar-refractivity contribution in [3.8, 4) is 0 Å². The van der Waals surface area contributed by atoms with E-state index < -0.39 is 0 Å². The van der Waals surface area contributed by atoms with Crippen LogP contribution in [0.25, 0.3) is 0 Å². The molecule has 0 fully saturated rings. The van der Waals surface area contributed by atoms with Crippen LogP contribution in [0, 0.1) is 6.92 Å². The smallest absolute Gasteiger partial charge is 0.115 e. The van der Waals surface area contributed by atoms with Crippen LogP contribution in [0.15, 0.2) is 41.4 Å². The number of hydrogen-bond acceptors (Lipinski definition) is 3. The van der Waals surface area contributed by atoms with E-state index in [1.807, 2.05) is 19.1 Å². The summed E-state index contributed by atoms with van der Waals surface area (Å²) < 4.78 is 1.01. The zero-order chi connectivity index (χ0) is 11.5. The third-order valence-electron chi connectivity index (χ3n) is 2.43. The molecule has 82 valence electrons. The zero-order valence-corrected chi connectivity index (χ0v) is 10.5. The fourth-order valence-corrected chi connectivity index (χ4v) is 2.05. The summed E-state index contributed by atoms with van der Waals surface area (Å²) in [5, 5.41) is 0. The van der Waals surface area contributed by atoms with Crippen LogP contribution in [0.2, 0.25) is 0 Å². The minimum Gasteiger partial charge on any atom is -0.320 e. The van der Waals surface area contributed by atoms with Crippen molar-refractivity contribution in [1.82, 2.24) is 9.97 Å². The molecule has 0 saturated heterocycles. The molecule has 0 bridgehead atoms. The van der Waals surface area contributed by atoms with E-state index in [9.17, 15) is 0 Å². The minimum absolute atomic E-state index is 0.199. The van der Waals surface area contributed by atoms with Gasteiger partial charge in [0.25, 0.3) is 0 Å². The van der Waals surface area contributed by atoms with E-state index in [1.54, 1.807) is 12.4 Å². The van der Waals surface area contributed by atoms with Gasteiger partial charge in [-0.1, -0.05) is 33.6 Å². The molecule has 1 atom stereocenters. The van der Waals surface area contributed by atoms with Crippen LogP contribution in [0.5, 0.6) is 0 Å². The Morgan fingerprint density at radius 3 is 2.62 bits per heavy atom. The fraction of sp³-hybridized carbons (Fsp3) is 0.167. The van der Waals surface area contributed by atoms with Crippen LogP contribution in [0.1, 0.15) is 22.7 Å². The monoisotopic (exact) mass is 277 g/mol. The molecule has 2 N–H and O–H groups in total. The van der Waals surface area contributed by atoms with Crippen molar-refractivity contribution in [2.75, 3.05) is 0 Å². The van der Waals surface area contributed by atoms with Crippen LogP contribution in [-0.2, 0) is 0 Å². The Bertz CT molecular complexity index is 485. The van der Waals surface area contributed by atoms with E-state index in [0.717, 1.165) is 15.6 Å². The van der Waals surface area contributed by atoms with Crippen molar-refractivity contribution in [1.29, 1.82) is 0 Å². The molecule has 0 aliphatic rings. The third kappa shape index (κ3) is 2.28. The number of benzene rings is 1. The highest BCUT2D eigenvalue weighted by Gasteiger charge is 2.12. The second-order valence-electron chi connectivity index (χ2n) is 3.67. The summed E-state index contributed by atoms with van der Waals surface area (Å²) in [7, 11) is 0. The summed E-state index contributed by atoms with van der Waals surface area (Å²) in [6.07, 6.45) is 4.99. The Balaban J connectivity index is 2.41. The predicted molar refractivity (Wildman–Crippen MR) is 66.9 cm³/mol. The SMILES string of the molecule is Cc1ccc(Br)c(C(N)c2cncnc2)c1. The van der Waals surface area contributed by atoms with Crippen LogP contribution in [-0.4, -0.2) is 9.97 Å². The summed E-state index contributed by atoms with van der Waals surface area (Å²) in [6, 6.07) is 5.92. The van der Waals surface area contributed by atoms with Crippen molar-refractivity contribution >= 4 is 15.9 Å². The number of aryl methyl sites for hydroxylation is 1. The largest absolute Gasteiger partial charge is 0.320 e. The number of halogens is 1. The van der Waals surface area contributed by atoms with Crippen LogP contribution in [0.4, 0.5) is 0 Å². The van der Waals surface area contributed by atoms with E-state index in [0.29, 0.717) is 0 Å². The normalized spacial score (nSPS) is 12.4. The number of nitrogens with two attached hydrogens (primary N) is 1. The Labute approximate surface area is 103 Å². The van der Waals surface area contributed by atoms with Gasteiger partial charge in [0, 0.05) is 22.4 Å². The minimum atomic E-state index is -0.199. The molecule has 0 spiro atoms. The van der Waals surface area contributed by atoms with Gasteiger partial charge in [-0.15, -0.1) is 0 Å². The Kier molecular flexibility index (Phi) is 3.31. The molecule has 16 heavy (non-hydrogen) atoms. The molecular weight excluding hydrogens is 266 g/mol. The lowest BCUT2D eigenvalue weighted by Gasteiger charge is -2.14. The molecule has 4 heteroatoms. The molecule has 2 aromatic rings. The lowest BCUT2D eigenvalue weighted by molar-refractivity contribution is 0.844. The number of aromatic nitrogens is 2. The lowest BCUT2D eigenvalue weighted by Crippen LogP contribution is -2.13. The predicted octanol–water partition coefficient (Wildman–Crippen LogP) is 2.60.